The number of benzene rings is 2. The molecule has 2 N–H and O–H groups in total. The molecule has 8 heteroatoms. The Balaban J connectivity index is 2.00. The van der Waals surface area contributed by atoms with E-state index in [0.717, 1.165) is 4.90 Å². The number of thioether (sulfide) groups is 1. The Kier molecular flexibility index (Phi) is 6.13. The van der Waals surface area contributed by atoms with Crippen molar-refractivity contribution in [2.75, 3.05) is 12.4 Å². The van der Waals surface area contributed by atoms with Gasteiger partial charge in [-0.05, 0) is 37.3 Å². The maximum absolute atomic E-state index is 12.3. The van der Waals surface area contributed by atoms with Gasteiger partial charge in [0.2, 0.25) is 5.91 Å². The molecule has 0 aliphatic rings. The summed E-state index contributed by atoms with van der Waals surface area (Å²) in [7, 11) is 1.54. The summed E-state index contributed by atoms with van der Waals surface area (Å²) < 4.78 is 0. The number of nitro groups is 1. The molecule has 2 rings (SSSR count). The quantitative estimate of drug-likeness (QED) is 0.469. The summed E-state index contributed by atoms with van der Waals surface area (Å²) in [5, 5.41) is 15.5. The SMILES string of the molecule is CNC(=O)c1cccc(NC(=O)C(C)Sc2ccc([N+](=O)[O-])cc2)c1. The number of nitrogens with one attached hydrogen (secondary N) is 2. The van der Waals surface area contributed by atoms with Crippen LogP contribution >= 0.6 is 11.8 Å². The molecule has 1 atom stereocenters. The topological polar surface area (TPSA) is 101 Å². The molecule has 0 bridgehead atoms. The first-order valence-corrected chi connectivity index (χ1v) is 8.33. The van der Waals surface area contributed by atoms with Crippen molar-refractivity contribution in [3.8, 4) is 0 Å². The minimum atomic E-state index is -0.468. The number of hydrogen-bond acceptors (Lipinski definition) is 5. The Morgan fingerprint density at radius 1 is 1.16 bits per heavy atom. The number of rotatable bonds is 6. The second kappa shape index (κ2) is 8.29. The summed E-state index contributed by atoms with van der Waals surface area (Å²) in [5.41, 5.74) is 0.991. The molecule has 0 saturated heterocycles. The first kappa shape index (κ1) is 18.5. The summed E-state index contributed by atoms with van der Waals surface area (Å²) in [6.45, 7) is 1.74. The van der Waals surface area contributed by atoms with Crippen LogP contribution < -0.4 is 10.6 Å². The van der Waals surface area contributed by atoms with E-state index in [1.54, 1.807) is 43.3 Å². The molecule has 0 radical (unpaired) electrons. The lowest BCUT2D eigenvalue weighted by atomic mass is 10.2. The van der Waals surface area contributed by atoms with Crippen LogP contribution in [0.1, 0.15) is 17.3 Å². The van der Waals surface area contributed by atoms with E-state index in [2.05, 4.69) is 10.6 Å². The van der Waals surface area contributed by atoms with Gasteiger partial charge in [-0.2, -0.15) is 0 Å². The highest BCUT2D eigenvalue weighted by atomic mass is 32.2. The second-order valence-electron chi connectivity index (χ2n) is 5.16. The second-order valence-corrected chi connectivity index (χ2v) is 6.57. The highest BCUT2D eigenvalue weighted by molar-refractivity contribution is 8.00. The van der Waals surface area contributed by atoms with Gasteiger partial charge in [0.25, 0.3) is 11.6 Å². The van der Waals surface area contributed by atoms with Gasteiger partial charge in [0.15, 0.2) is 0 Å². The molecule has 25 heavy (non-hydrogen) atoms. The monoisotopic (exact) mass is 359 g/mol. The molecule has 0 fully saturated rings. The van der Waals surface area contributed by atoms with Crippen LogP contribution in [0.25, 0.3) is 0 Å². The van der Waals surface area contributed by atoms with Crippen molar-refractivity contribution in [3.05, 3.63) is 64.2 Å². The summed E-state index contributed by atoms with van der Waals surface area (Å²) in [5.74, 6) is -0.457. The van der Waals surface area contributed by atoms with E-state index in [0.29, 0.717) is 11.3 Å². The minimum Gasteiger partial charge on any atom is -0.355 e. The van der Waals surface area contributed by atoms with Crippen LogP contribution in [0.15, 0.2) is 53.4 Å². The number of amides is 2. The molecule has 2 aromatic carbocycles. The Morgan fingerprint density at radius 3 is 2.44 bits per heavy atom. The number of carbonyl (C=O) groups is 2. The van der Waals surface area contributed by atoms with Gasteiger partial charge in [-0.15, -0.1) is 11.8 Å². The molecule has 0 heterocycles. The van der Waals surface area contributed by atoms with E-state index in [1.165, 1.54) is 30.9 Å². The molecule has 0 aliphatic heterocycles. The molecule has 1 unspecified atom stereocenters. The summed E-state index contributed by atoms with van der Waals surface area (Å²) in [6, 6.07) is 12.7. The van der Waals surface area contributed by atoms with Crippen LogP contribution in [0, 0.1) is 10.1 Å². The van der Waals surface area contributed by atoms with Crippen molar-refractivity contribution < 1.29 is 14.5 Å². The molecule has 0 saturated carbocycles. The van der Waals surface area contributed by atoms with Gasteiger partial charge in [-0.1, -0.05) is 6.07 Å². The van der Waals surface area contributed by atoms with Crippen LogP contribution in [0.5, 0.6) is 0 Å². The number of carbonyl (C=O) groups excluding carboxylic acids is 2. The number of non-ortho nitro benzene ring substituents is 1. The predicted molar refractivity (Wildman–Crippen MR) is 96.9 cm³/mol. The fourth-order valence-corrected chi connectivity index (χ4v) is 2.90. The molecule has 0 aliphatic carbocycles. The molecule has 2 amide bonds. The number of nitrogens with zero attached hydrogens (tertiary/aromatic N) is 1. The van der Waals surface area contributed by atoms with Crippen LogP contribution in [-0.4, -0.2) is 29.0 Å². The van der Waals surface area contributed by atoms with E-state index in [-0.39, 0.29) is 17.5 Å². The molecule has 0 aromatic heterocycles. The molecule has 2 aromatic rings. The third-order valence-corrected chi connectivity index (χ3v) is 4.46. The largest absolute Gasteiger partial charge is 0.355 e. The van der Waals surface area contributed by atoms with E-state index >= 15 is 0 Å². The Bertz CT molecular complexity index is 793. The number of hydrogen-bond donors (Lipinski definition) is 2. The predicted octanol–water partition coefficient (Wildman–Crippen LogP) is 3.07. The normalized spacial score (nSPS) is 11.4. The highest BCUT2D eigenvalue weighted by Gasteiger charge is 2.16. The maximum Gasteiger partial charge on any atom is 0.269 e. The first-order chi connectivity index (χ1) is 11.9. The van der Waals surface area contributed by atoms with Crippen LogP contribution in [0.2, 0.25) is 0 Å². The van der Waals surface area contributed by atoms with Crippen LogP contribution in [0.3, 0.4) is 0 Å². The van der Waals surface area contributed by atoms with Crippen molar-refractivity contribution in [1.29, 1.82) is 0 Å². The van der Waals surface area contributed by atoms with Gasteiger partial charge in [-0.3, -0.25) is 19.7 Å². The molecule has 0 spiro atoms. The van der Waals surface area contributed by atoms with Gasteiger partial charge >= 0.3 is 0 Å². The fraction of sp³-hybridized carbons (Fsp3) is 0.176. The molecular weight excluding hydrogens is 342 g/mol. The van der Waals surface area contributed by atoms with Gasteiger partial charge < -0.3 is 10.6 Å². The Hall–Kier alpha value is -2.87. The van der Waals surface area contributed by atoms with Crippen molar-refractivity contribution >= 4 is 35.0 Å². The summed E-state index contributed by atoms with van der Waals surface area (Å²) >= 11 is 1.29. The van der Waals surface area contributed by atoms with Crippen LogP contribution in [-0.2, 0) is 4.79 Å². The highest BCUT2D eigenvalue weighted by Crippen LogP contribution is 2.26. The Morgan fingerprint density at radius 2 is 1.84 bits per heavy atom. The molecule has 130 valence electrons. The zero-order chi connectivity index (χ0) is 18.4. The van der Waals surface area contributed by atoms with Gasteiger partial charge in [0.1, 0.15) is 0 Å². The third kappa shape index (κ3) is 5.05. The fourth-order valence-electron chi connectivity index (χ4n) is 2.03. The van der Waals surface area contributed by atoms with Crippen LogP contribution in [0.4, 0.5) is 11.4 Å². The molecular formula is C17H17N3O4S. The first-order valence-electron chi connectivity index (χ1n) is 7.45. The number of nitro benzene ring substituents is 1. The van der Waals surface area contributed by atoms with Crippen molar-refractivity contribution in [3.63, 3.8) is 0 Å². The lowest BCUT2D eigenvalue weighted by molar-refractivity contribution is -0.384. The smallest absolute Gasteiger partial charge is 0.269 e. The van der Waals surface area contributed by atoms with E-state index < -0.39 is 10.2 Å². The van der Waals surface area contributed by atoms with E-state index in [1.807, 2.05) is 0 Å². The van der Waals surface area contributed by atoms with Gasteiger partial charge in [-0.25, -0.2) is 0 Å². The number of anilines is 1. The maximum atomic E-state index is 12.3. The zero-order valence-electron chi connectivity index (χ0n) is 13.7. The standard InChI is InChI=1S/C17H17N3O4S/c1-11(25-15-8-6-14(7-9-15)20(23)24)16(21)19-13-5-3-4-12(10-13)17(22)18-2/h3-11H,1-2H3,(H,18,22)(H,19,21). The van der Waals surface area contributed by atoms with Crippen molar-refractivity contribution in [2.24, 2.45) is 0 Å². The molecule has 7 nitrogen and oxygen atoms in total. The summed E-state index contributed by atoms with van der Waals surface area (Å²) in [4.78, 5) is 34.9. The van der Waals surface area contributed by atoms with Crippen molar-refractivity contribution in [2.45, 2.75) is 17.1 Å². The third-order valence-electron chi connectivity index (χ3n) is 3.35. The Labute approximate surface area is 149 Å². The zero-order valence-corrected chi connectivity index (χ0v) is 14.5. The van der Waals surface area contributed by atoms with Gasteiger partial charge in [0, 0.05) is 35.3 Å². The van der Waals surface area contributed by atoms with E-state index in [4.69, 9.17) is 0 Å². The minimum absolute atomic E-state index is 0.00692. The van der Waals surface area contributed by atoms with Crippen molar-refractivity contribution in [1.82, 2.24) is 5.32 Å². The average molecular weight is 359 g/mol. The lowest BCUT2D eigenvalue weighted by Crippen LogP contribution is -2.23. The van der Waals surface area contributed by atoms with E-state index in [9.17, 15) is 19.7 Å². The average Bonchev–Trinajstić information content (AvgIpc) is 2.61. The lowest BCUT2D eigenvalue weighted by Gasteiger charge is -2.12. The van der Waals surface area contributed by atoms with Gasteiger partial charge in [0.05, 0.1) is 10.2 Å². The summed E-state index contributed by atoms with van der Waals surface area (Å²) in [6.07, 6.45) is 0.